The van der Waals surface area contributed by atoms with Crippen LogP contribution in [-0.4, -0.2) is 97.8 Å². The number of allylic oxidation sites excluding steroid dienone is 2. The predicted molar refractivity (Wildman–Crippen MR) is 223 cm³/mol. The van der Waals surface area contributed by atoms with E-state index >= 15 is 0 Å². The Morgan fingerprint density at radius 1 is 0.943 bits per heavy atom. The quantitative estimate of drug-likeness (QED) is 0.0678. The maximum absolute atomic E-state index is 14.1. The molecule has 9 heteroatoms. The van der Waals surface area contributed by atoms with Crippen LogP contribution >= 0.6 is 0 Å². The third-order valence-corrected chi connectivity index (χ3v) is 11.8. The van der Waals surface area contributed by atoms with E-state index in [0.29, 0.717) is 55.6 Å². The van der Waals surface area contributed by atoms with E-state index in [2.05, 4.69) is 138 Å². The van der Waals surface area contributed by atoms with Crippen molar-refractivity contribution in [1.82, 2.24) is 25.3 Å². The van der Waals surface area contributed by atoms with E-state index in [4.69, 9.17) is 10.6 Å². The highest BCUT2D eigenvalue weighted by Crippen LogP contribution is 2.36. The van der Waals surface area contributed by atoms with Gasteiger partial charge in [0.2, 0.25) is 5.91 Å². The number of benzene rings is 1. The van der Waals surface area contributed by atoms with Crippen LogP contribution < -0.4 is 16.5 Å². The van der Waals surface area contributed by atoms with Gasteiger partial charge in [0.1, 0.15) is 6.04 Å². The molecule has 0 radical (unpaired) electrons. The first-order valence-corrected chi connectivity index (χ1v) is 20.3. The lowest BCUT2D eigenvalue weighted by Crippen LogP contribution is -2.53. The molecule has 0 aromatic heterocycles. The van der Waals surface area contributed by atoms with E-state index in [-0.39, 0.29) is 23.9 Å². The van der Waals surface area contributed by atoms with Gasteiger partial charge in [-0.3, -0.25) is 9.69 Å². The topological polar surface area (TPSA) is 95.3 Å². The molecule has 0 bridgehead atoms. The molecule has 1 saturated heterocycles. The summed E-state index contributed by atoms with van der Waals surface area (Å²) >= 11 is 0. The van der Waals surface area contributed by atoms with Crippen molar-refractivity contribution in [2.45, 2.75) is 125 Å². The summed E-state index contributed by atoms with van der Waals surface area (Å²) in [6, 6.07) is 11.1. The standard InChI is InChI=1S/C44H78N6O3/c1-15-31(4)43(49(14)44(51)39(12)47-38(11)42(30(2)3)48(13)24-25-52-26-27-53-45)32(5)28-34(7)50-23-19-22-41(50)36(9)35(8)37(10)46-33(6)29-40-20-17-16-18-21-40/h16-18,20-21,30-33,35-36,39,41-43,46-47H,7,10-11,15,19,22-29,45H2,1-6,8-9,12-14H3/t31-,32+,33+,35+,36+,39-,41-,42-,43-/m0/s1. The van der Waals surface area contributed by atoms with E-state index in [0.717, 1.165) is 50.2 Å². The number of hydrogen-bond acceptors (Lipinski definition) is 8. The third kappa shape index (κ3) is 14.1. The Labute approximate surface area is 324 Å². The van der Waals surface area contributed by atoms with Crippen molar-refractivity contribution in [3.05, 3.63) is 72.7 Å². The Kier molecular flexibility index (Phi) is 20.2. The van der Waals surface area contributed by atoms with E-state index in [1.165, 1.54) is 17.7 Å². The molecule has 9 atom stereocenters. The molecular formula is C44H78N6O3. The number of ether oxygens (including phenoxy) is 1. The normalized spacial score (nSPS) is 19.2. The number of carbonyl (C=O) groups excluding carboxylic acids is 1. The van der Waals surface area contributed by atoms with E-state index in [9.17, 15) is 4.79 Å². The van der Waals surface area contributed by atoms with Crippen molar-refractivity contribution in [1.29, 1.82) is 0 Å². The lowest BCUT2D eigenvalue weighted by atomic mass is 9.83. The molecule has 4 N–H and O–H groups in total. The molecule has 302 valence electrons. The second-order valence-electron chi connectivity index (χ2n) is 16.4. The van der Waals surface area contributed by atoms with Gasteiger partial charge in [-0.2, -0.15) is 0 Å². The summed E-state index contributed by atoms with van der Waals surface area (Å²) in [5.41, 5.74) is 4.48. The van der Waals surface area contributed by atoms with Gasteiger partial charge < -0.3 is 30.0 Å². The molecule has 0 aliphatic carbocycles. The fraction of sp³-hybridized carbons (Fsp3) is 0.705. The smallest absolute Gasteiger partial charge is 0.244 e. The monoisotopic (exact) mass is 739 g/mol. The van der Waals surface area contributed by atoms with Crippen LogP contribution in [-0.2, 0) is 20.8 Å². The largest absolute Gasteiger partial charge is 0.386 e. The molecule has 1 amide bonds. The number of carbonyl (C=O) groups is 1. The van der Waals surface area contributed by atoms with Gasteiger partial charge in [-0.05, 0) is 81.7 Å². The molecule has 0 unspecified atom stereocenters. The summed E-state index contributed by atoms with van der Waals surface area (Å²) in [5.74, 6) is 6.81. The van der Waals surface area contributed by atoms with Crippen LogP contribution in [0, 0.1) is 29.6 Å². The molecule has 1 heterocycles. The Morgan fingerprint density at radius 2 is 1.60 bits per heavy atom. The molecule has 9 nitrogen and oxygen atoms in total. The molecule has 1 aliphatic rings. The van der Waals surface area contributed by atoms with E-state index < -0.39 is 6.04 Å². The van der Waals surface area contributed by atoms with Gasteiger partial charge in [0.15, 0.2) is 0 Å². The van der Waals surface area contributed by atoms with Crippen LogP contribution in [0.3, 0.4) is 0 Å². The van der Waals surface area contributed by atoms with Gasteiger partial charge in [0.25, 0.3) is 0 Å². The molecule has 1 aliphatic heterocycles. The number of nitrogens with zero attached hydrogens (tertiary/aromatic N) is 3. The van der Waals surface area contributed by atoms with Crippen LogP contribution in [0.4, 0.5) is 0 Å². The number of hydrogen-bond donors (Lipinski definition) is 3. The fourth-order valence-electron chi connectivity index (χ4n) is 8.64. The van der Waals surface area contributed by atoms with Gasteiger partial charge in [-0.15, -0.1) is 0 Å². The van der Waals surface area contributed by atoms with Crippen molar-refractivity contribution < 1.29 is 14.4 Å². The van der Waals surface area contributed by atoms with Gasteiger partial charge in [0.05, 0.1) is 25.9 Å². The minimum atomic E-state index is -0.413. The number of likely N-dealkylation sites (N-methyl/N-ethyl adjacent to an activating group) is 2. The predicted octanol–water partition coefficient (Wildman–Crippen LogP) is 7.23. The second kappa shape index (κ2) is 23.2. The van der Waals surface area contributed by atoms with Crippen molar-refractivity contribution in [3.63, 3.8) is 0 Å². The SMILES string of the molecule is C=C(N[C@@H](C)C(=O)N(C)[C@H]([C@H](C)CC(=C)N1CCC[C@H]1[C@H](C)[C@@H](C)C(=C)N[C@H](C)Cc1ccccc1)[C@@H](C)CC)[C@H](C(C)C)N(C)CCOCCON. The number of nitrogens with one attached hydrogen (secondary N) is 2. The second-order valence-corrected chi connectivity index (χ2v) is 16.4. The summed E-state index contributed by atoms with van der Waals surface area (Å²) in [7, 11) is 4.05. The first kappa shape index (κ1) is 46.3. The molecular weight excluding hydrogens is 661 g/mol. The van der Waals surface area contributed by atoms with E-state index in [1.807, 2.05) is 18.9 Å². The van der Waals surface area contributed by atoms with Crippen LogP contribution in [0.25, 0.3) is 0 Å². The van der Waals surface area contributed by atoms with Crippen molar-refractivity contribution in [2.24, 2.45) is 35.5 Å². The van der Waals surface area contributed by atoms with Crippen LogP contribution in [0.2, 0.25) is 0 Å². The summed E-state index contributed by atoms with van der Waals surface area (Å²) in [6.45, 7) is 36.8. The lowest BCUT2D eigenvalue weighted by Gasteiger charge is -2.41. The molecule has 53 heavy (non-hydrogen) atoms. The summed E-state index contributed by atoms with van der Waals surface area (Å²) in [4.78, 5) is 25.5. The lowest BCUT2D eigenvalue weighted by molar-refractivity contribution is -0.136. The summed E-state index contributed by atoms with van der Waals surface area (Å²) in [5, 5.41) is 7.21. The Morgan fingerprint density at radius 3 is 2.21 bits per heavy atom. The number of rotatable bonds is 26. The minimum Gasteiger partial charge on any atom is -0.386 e. The van der Waals surface area contributed by atoms with Gasteiger partial charge in [-0.1, -0.05) is 105 Å². The first-order chi connectivity index (χ1) is 25.0. The van der Waals surface area contributed by atoms with Crippen molar-refractivity contribution in [3.8, 4) is 0 Å². The average Bonchev–Trinajstić information content (AvgIpc) is 3.61. The zero-order valence-corrected chi connectivity index (χ0v) is 35.5. The molecule has 1 aromatic rings. The molecule has 0 saturated carbocycles. The third-order valence-electron chi connectivity index (χ3n) is 11.8. The zero-order chi connectivity index (χ0) is 39.8. The highest BCUT2D eigenvalue weighted by atomic mass is 16.6. The average molecular weight is 739 g/mol. The van der Waals surface area contributed by atoms with Gasteiger partial charge in [-0.25, -0.2) is 5.90 Å². The maximum Gasteiger partial charge on any atom is 0.244 e. The zero-order valence-electron chi connectivity index (χ0n) is 35.5. The number of amides is 1. The van der Waals surface area contributed by atoms with Crippen LogP contribution in [0.15, 0.2) is 67.2 Å². The Hall–Kier alpha value is -2.85. The summed E-state index contributed by atoms with van der Waals surface area (Å²) < 4.78 is 5.64. The molecule has 2 rings (SSSR count). The Balaban J connectivity index is 2.05. The number of nitrogens with two attached hydrogens (primary N) is 1. The van der Waals surface area contributed by atoms with Gasteiger partial charge in [0, 0.05) is 55.4 Å². The minimum absolute atomic E-state index is 0.0432. The highest BCUT2D eigenvalue weighted by molar-refractivity contribution is 5.81. The fourth-order valence-corrected chi connectivity index (χ4v) is 8.64. The molecule has 1 fully saturated rings. The highest BCUT2D eigenvalue weighted by Gasteiger charge is 2.37. The molecule has 0 spiro atoms. The van der Waals surface area contributed by atoms with Crippen LogP contribution in [0.1, 0.15) is 93.6 Å². The molecule has 1 aromatic carbocycles. The number of likely N-dealkylation sites (tertiary alicyclic amines) is 1. The summed E-state index contributed by atoms with van der Waals surface area (Å²) in [6.07, 6.45) is 5.15. The first-order valence-electron chi connectivity index (χ1n) is 20.3. The maximum atomic E-state index is 14.1. The van der Waals surface area contributed by atoms with E-state index in [1.54, 1.807) is 0 Å². The Bertz CT molecular complexity index is 1260. The van der Waals surface area contributed by atoms with Crippen LogP contribution in [0.5, 0.6) is 0 Å². The van der Waals surface area contributed by atoms with Gasteiger partial charge >= 0.3 is 0 Å². The van der Waals surface area contributed by atoms with Crippen molar-refractivity contribution >= 4 is 5.91 Å². The van der Waals surface area contributed by atoms with Crippen molar-refractivity contribution in [2.75, 3.05) is 47.0 Å².